The maximum atomic E-state index is 6.26. The smallest absolute Gasteiger partial charge is 0.0625 e. The van der Waals surface area contributed by atoms with Gasteiger partial charge < -0.3 is 14.2 Å². The molecule has 2 atom stereocenters. The Morgan fingerprint density at radius 2 is 1.16 bits per heavy atom. The average Bonchev–Trinajstić information content (AvgIpc) is 2.76. The summed E-state index contributed by atoms with van der Waals surface area (Å²) in [7, 11) is 0. The molecule has 0 N–H and O–H groups in total. The van der Waals surface area contributed by atoms with Crippen molar-refractivity contribution < 1.29 is 14.2 Å². The quantitative estimate of drug-likeness (QED) is 0.400. The second-order valence-corrected chi connectivity index (χ2v) is 9.53. The fraction of sp³-hybridized carbons (Fsp3) is 1.00. The highest BCUT2D eigenvalue weighted by Gasteiger charge is 2.27. The number of rotatable bonds is 12. The van der Waals surface area contributed by atoms with Crippen LogP contribution in [0.25, 0.3) is 0 Å². The van der Waals surface area contributed by atoms with E-state index in [9.17, 15) is 0 Å². The van der Waals surface area contributed by atoms with E-state index in [0.717, 1.165) is 72.4 Å². The minimum atomic E-state index is 0.485. The maximum Gasteiger partial charge on any atom is 0.0625 e. The fourth-order valence-electron chi connectivity index (χ4n) is 5.06. The molecule has 0 amide bonds. The topological polar surface area (TPSA) is 34.2 Å². The van der Waals surface area contributed by atoms with E-state index in [1.165, 1.54) is 70.6 Å². The highest BCUT2D eigenvalue weighted by molar-refractivity contribution is 4.80. The first-order valence-corrected chi connectivity index (χ1v) is 13.5. The van der Waals surface area contributed by atoms with E-state index < -0.39 is 0 Å². The molecule has 0 radical (unpaired) electrons. The zero-order valence-electron chi connectivity index (χ0n) is 20.8. The Bertz CT molecular complexity index is 396. The predicted molar refractivity (Wildman–Crippen MR) is 130 cm³/mol. The van der Waals surface area contributed by atoms with Gasteiger partial charge in [-0.1, -0.05) is 78.1 Å². The van der Waals surface area contributed by atoms with Crippen LogP contribution in [-0.4, -0.2) is 88.2 Å². The lowest BCUT2D eigenvalue weighted by atomic mass is 9.89. The van der Waals surface area contributed by atoms with Gasteiger partial charge in [-0.15, -0.1) is 0 Å². The van der Waals surface area contributed by atoms with Gasteiger partial charge in [0.05, 0.1) is 39.6 Å². The molecule has 3 aliphatic heterocycles. The van der Waals surface area contributed by atoms with Crippen molar-refractivity contribution in [2.45, 2.75) is 90.5 Å². The van der Waals surface area contributed by atoms with Gasteiger partial charge in [0.2, 0.25) is 0 Å². The molecule has 3 fully saturated rings. The van der Waals surface area contributed by atoms with Crippen molar-refractivity contribution in [2.75, 3.05) is 72.4 Å². The molecule has 3 rings (SSSR count). The van der Waals surface area contributed by atoms with Crippen molar-refractivity contribution in [2.24, 2.45) is 5.92 Å². The fourth-order valence-corrected chi connectivity index (χ4v) is 5.06. The summed E-state index contributed by atoms with van der Waals surface area (Å²) in [6, 6.07) is 0.485. The lowest BCUT2D eigenvalue weighted by Crippen LogP contribution is -2.48. The standard InChI is InChI=1S/C26H52N2O3/c1-3-5-6-7-8-9-10-11-12-13-25(4-2)26-24-31-21-16-27-14-19-29-22-17-28(26)18-23-30-20-15-27/h25-26H,3-24H2,1-2H3. The summed E-state index contributed by atoms with van der Waals surface area (Å²) in [4.78, 5) is 5.04. The van der Waals surface area contributed by atoms with Gasteiger partial charge in [-0.25, -0.2) is 0 Å². The molecule has 0 spiro atoms. The highest BCUT2D eigenvalue weighted by atomic mass is 16.5. The summed E-state index contributed by atoms with van der Waals surface area (Å²) in [5.41, 5.74) is 0. The highest BCUT2D eigenvalue weighted by Crippen LogP contribution is 2.23. The van der Waals surface area contributed by atoms with E-state index in [-0.39, 0.29) is 0 Å². The van der Waals surface area contributed by atoms with Crippen molar-refractivity contribution in [3.63, 3.8) is 0 Å². The molecule has 2 bridgehead atoms. The Labute approximate surface area is 193 Å². The number of hydrogen-bond acceptors (Lipinski definition) is 5. The van der Waals surface area contributed by atoms with Gasteiger partial charge in [0.15, 0.2) is 0 Å². The Balaban J connectivity index is 1.81. The first-order valence-electron chi connectivity index (χ1n) is 13.5. The van der Waals surface area contributed by atoms with Crippen LogP contribution in [0, 0.1) is 5.92 Å². The van der Waals surface area contributed by atoms with E-state index in [1.54, 1.807) is 0 Å². The first kappa shape index (κ1) is 27.0. The molecule has 0 aromatic rings. The molecule has 0 aromatic heterocycles. The molecule has 3 saturated heterocycles. The number of unbranched alkanes of at least 4 members (excludes halogenated alkanes) is 8. The van der Waals surface area contributed by atoms with E-state index in [4.69, 9.17) is 14.2 Å². The molecule has 0 aromatic carbocycles. The molecule has 0 saturated carbocycles. The molecule has 5 heteroatoms. The monoisotopic (exact) mass is 440 g/mol. The Morgan fingerprint density at radius 1 is 0.645 bits per heavy atom. The number of hydrogen-bond donors (Lipinski definition) is 0. The van der Waals surface area contributed by atoms with Gasteiger partial charge in [0, 0.05) is 38.8 Å². The van der Waals surface area contributed by atoms with E-state index in [0.29, 0.717) is 12.0 Å². The number of fused-ring (bicyclic) bond motifs is 12. The third kappa shape index (κ3) is 12.0. The summed E-state index contributed by atoms with van der Waals surface area (Å²) in [5.74, 6) is 0.700. The zero-order valence-corrected chi connectivity index (χ0v) is 20.8. The van der Waals surface area contributed by atoms with Crippen molar-refractivity contribution in [3.8, 4) is 0 Å². The SMILES string of the molecule is CCCCCCCCCCCC(CC)C1COCCN2CCOCCN1CCOCC2. The molecule has 31 heavy (non-hydrogen) atoms. The largest absolute Gasteiger partial charge is 0.379 e. The van der Waals surface area contributed by atoms with Gasteiger partial charge in [-0.2, -0.15) is 0 Å². The third-order valence-corrected chi connectivity index (χ3v) is 7.21. The number of ether oxygens (including phenoxy) is 3. The van der Waals surface area contributed by atoms with Crippen LogP contribution < -0.4 is 0 Å². The predicted octanol–water partition coefficient (Wildman–Crippen LogP) is 4.98. The summed E-state index contributed by atoms with van der Waals surface area (Å²) >= 11 is 0. The molecular formula is C26H52N2O3. The first-order chi connectivity index (χ1) is 15.3. The maximum absolute atomic E-state index is 6.26. The van der Waals surface area contributed by atoms with Gasteiger partial charge in [-0.3, -0.25) is 9.80 Å². The minimum Gasteiger partial charge on any atom is -0.379 e. The van der Waals surface area contributed by atoms with Crippen LogP contribution in [0.3, 0.4) is 0 Å². The lowest BCUT2D eigenvalue weighted by molar-refractivity contribution is -0.0314. The van der Waals surface area contributed by atoms with Crippen molar-refractivity contribution >= 4 is 0 Å². The second kappa shape index (κ2) is 18.3. The van der Waals surface area contributed by atoms with Gasteiger partial charge >= 0.3 is 0 Å². The molecule has 5 nitrogen and oxygen atoms in total. The lowest BCUT2D eigenvalue weighted by Gasteiger charge is -2.38. The van der Waals surface area contributed by atoms with Crippen molar-refractivity contribution in [1.29, 1.82) is 0 Å². The van der Waals surface area contributed by atoms with Gasteiger partial charge in [-0.05, 0) is 12.3 Å². The molecule has 3 heterocycles. The Kier molecular flexibility index (Phi) is 15.9. The van der Waals surface area contributed by atoms with Crippen molar-refractivity contribution in [3.05, 3.63) is 0 Å². The Morgan fingerprint density at radius 3 is 1.74 bits per heavy atom. The Hall–Kier alpha value is -0.200. The van der Waals surface area contributed by atoms with Crippen LogP contribution in [0.5, 0.6) is 0 Å². The van der Waals surface area contributed by atoms with Gasteiger partial charge in [0.25, 0.3) is 0 Å². The van der Waals surface area contributed by atoms with E-state index in [2.05, 4.69) is 23.6 Å². The molecule has 184 valence electrons. The summed E-state index contributed by atoms with van der Waals surface area (Å²) in [6.45, 7) is 14.5. The normalized spacial score (nSPS) is 27.5. The minimum absolute atomic E-state index is 0.485. The van der Waals surface area contributed by atoms with Crippen LogP contribution in [0.1, 0.15) is 84.5 Å². The molecule has 2 unspecified atom stereocenters. The van der Waals surface area contributed by atoms with Crippen molar-refractivity contribution in [1.82, 2.24) is 9.80 Å². The average molecular weight is 441 g/mol. The second-order valence-electron chi connectivity index (χ2n) is 9.53. The van der Waals surface area contributed by atoms with E-state index in [1.807, 2.05) is 0 Å². The zero-order chi connectivity index (χ0) is 22.0. The van der Waals surface area contributed by atoms with Crippen LogP contribution in [-0.2, 0) is 14.2 Å². The number of nitrogens with zero attached hydrogens (tertiary/aromatic N) is 2. The summed E-state index contributed by atoms with van der Waals surface area (Å²) in [5, 5.41) is 0. The molecule has 0 aliphatic carbocycles. The third-order valence-electron chi connectivity index (χ3n) is 7.21. The summed E-state index contributed by atoms with van der Waals surface area (Å²) in [6.07, 6.45) is 15.2. The van der Waals surface area contributed by atoms with E-state index >= 15 is 0 Å². The van der Waals surface area contributed by atoms with Crippen LogP contribution in [0.2, 0.25) is 0 Å². The van der Waals surface area contributed by atoms with Crippen LogP contribution in [0.4, 0.5) is 0 Å². The summed E-state index contributed by atoms with van der Waals surface area (Å²) < 4.78 is 18.3. The molecular weight excluding hydrogens is 388 g/mol. The molecule has 3 aliphatic rings. The van der Waals surface area contributed by atoms with Crippen LogP contribution in [0.15, 0.2) is 0 Å². The van der Waals surface area contributed by atoms with Crippen LogP contribution >= 0.6 is 0 Å². The van der Waals surface area contributed by atoms with Gasteiger partial charge in [0.1, 0.15) is 0 Å².